The number of aromatic nitrogens is 1. The summed E-state index contributed by atoms with van der Waals surface area (Å²) in [5.74, 6) is 7.84. The first-order chi connectivity index (χ1) is 9.74. The summed E-state index contributed by atoms with van der Waals surface area (Å²) < 4.78 is 1.71. The van der Waals surface area contributed by atoms with Crippen LogP contribution in [0.2, 0.25) is 0 Å². The molecule has 20 heavy (non-hydrogen) atoms. The Morgan fingerprint density at radius 1 is 1.15 bits per heavy atom. The molecular weight excluding hydrogens is 246 g/mol. The summed E-state index contributed by atoms with van der Waals surface area (Å²) in [7, 11) is 0. The molecule has 104 valence electrons. The highest BCUT2D eigenvalue weighted by atomic mass is 15.0. The lowest BCUT2D eigenvalue weighted by molar-refractivity contribution is 0.430. The van der Waals surface area contributed by atoms with Gasteiger partial charge >= 0.3 is 0 Å². The maximum absolute atomic E-state index is 8.32. The van der Waals surface area contributed by atoms with Gasteiger partial charge in [-0.15, -0.1) is 0 Å². The van der Waals surface area contributed by atoms with Crippen LogP contribution in [0.1, 0.15) is 50.5 Å². The van der Waals surface area contributed by atoms with Crippen LogP contribution >= 0.6 is 0 Å². The molecule has 2 fully saturated rings. The molecule has 0 aromatic carbocycles. The highest BCUT2D eigenvalue weighted by Crippen LogP contribution is 2.27. The summed E-state index contributed by atoms with van der Waals surface area (Å²) in [4.78, 5) is 0. The number of rotatable bonds is 1. The largest absolute Gasteiger partial charge is 0.290 e. The zero-order chi connectivity index (χ0) is 13.9. The van der Waals surface area contributed by atoms with E-state index < -0.39 is 0 Å². The Labute approximate surface area is 120 Å². The minimum absolute atomic E-state index is 0.321. The van der Waals surface area contributed by atoms with Crippen LogP contribution in [-0.2, 0) is 0 Å². The second-order valence-electron chi connectivity index (χ2n) is 5.93. The predicted octanol–water partition coefficient (Wildman–Crippen LogP) is 3.13. The SMILES string of the molecule is N=C(C1CCCCC1)n1ccc(C#CC2CC2)cc1=N. The fourth-order valence-corrected chi connectivity index (χ4v) is 2.77. The fraction of sp³-hybridized carbons (Fsp3) is 0.529. The van der Waals surface area contributed by atoms with Gasteiger partial charge in [0.25, 0.3) is 0 Å². The quantitative estimate of drug-likeness (QED) is 0.446. The van der Waals surface area contributed by atoms with E-state index in [0.29, 0.717) is 23.2 Å². The number of pyridine rings is 1. The van der Waals surface area contributed by atoms with Gasteiger partial charge in [0.05, 0.1) is 0 Å². The van der Waals surface area contributed by atoms with Gasteiger partial charge in [-0.25, -0.2) is 0 Å². The monoisotopic (exact) mass is 267 g/mol. The van der Waals surface area contributed by atoms with E-state index in [2.05, 4.69) is 11.8 Å². The van der Waals surface area contributed by atoms with Gasteiger partial charge in [0.1, 0.15) is 11.3 Å². The summed E-state index contributed by atoms with van der Waals surface area (Å²) in [6.45, 7) is 0. The van der Waals surface area contributed by atoms with E-state index in [1.807, 2.05) is 12.3 Å². The Balaban J connectivity index is 1.78. The molecule has 0 bridgehead atoms. The molecule has 0 atom stereocenters. The number of nitrogens with one attached hydrogen (secondary N) is 2. The first kappa shape index (κ1) is 13.2. The normalized spacial score (nSPS) is 19.2. The Bertz CT molecular complexity index is 620. The van der Waals surface area contributed by atoms with Gasteiger partial charge in [-0.05, 0) is 37.8 Å². The third-order valence-electron chi connectivity index (χ3n) is 4.20. The van der Waals surface area contributed by atoms with Crippen molar-refractivity contribution in [1.29, 1.82) is 10.8 Å². The van der Waals surface area contributed by atoms with E-state index in [1.54, 1.807) is 10.6 Å². The molecule has 0 amide bonds. The van der Waals surface area contributed by atoms with Crippen molar-refractivity contribution in [3.05, 3.63) is 29.4 Å². The van der Waals surface area contributed by atoms with Crippen molar-refractivity contribution in [3.8, 4) is 11.8 Å². The highest BCUT2D eigenvalue weighted by molar-refractivity contribution is 5.83. The fourth-order valence-electron chi connectivity index (χ4n) is 2.77. The molecule has 0 saturated heterocycles. The third kappa shape index (κ3) is 3.01. The molecule has 2 N–H and O–H groups in total. The van der Waals surface area contributed by atoms with Gasteiger partial charge in [-0.2, -0.15) is 0 Å². The minimum atomic E-state index is 0.321. The maximum atomic E-state index is 8.32. The van der Waals surface area contributed by atoms with Gasteiger partial charge in [0, 0.05) is 23.6 Å². The van der Waals surface area contributed by atoms with E-state index in [1.165, 1.54) is 32.1 Å². The lowest BCUT2D eigenvalue weighted by atomic mass is 9.88. The minimum Gasteiger partial charge on any atom is -0.290 e. The zero-order valence-electron chi connectivity index (χ0n) is 11.8. The zero-order valence-corrected chi connectivity index (χ0v) is 11.8. The van der Waals surface area contributed by atoms with Crippen molar-refractivity contribution in [2.75, 3.05) is 0 Å². The highest BCUT2D eigenvalue weighted by Gasteiger charge is 2.19. The van der Waals surface area contributed by atoms with Gasteiger partial charge in [0.2, 0.25) is 0 Å². The predicted molar refractivity (Wildman–Crippen MR) is 79.6 cm³/mol. The van der Waals surface area contributed by atoms with E-state index in [4.69, 9.17) is 10.8 Å². The van der Waals surface area contributed by atoms with Crippen LogP contribution in [0, 0.1) is 34.5 Å². The van der Waals surface area contributed by atoms with Gasteiger partial charge in [0.15, 0.2) is 0 Å². The Morgan fingerprint density at radius 2 is 1.90 bits per heavy atom. The first-order valence-electron chi connectivity index (χ1n) is 7.62. The molecule has 0 unspecified atom stereocenters. The van der Waals surface area contributed by atoms with Crippen molar-refractivity contribution >= 4 is 5.84 Å². The van der Waals surface area contributed by atoms with Crippen LogP contribution in [0.4, 0.5) is 0 Å². The Kier molecular flexibility index (Phi) is 3.73. The third-order valence-corrected chi connectivity index (χ3v) is 4.20. The molecule has 0 spiro atoms. The van der Waals surface area contributed by atoms with E-state index in [9.17, 15) is 0 Å². The average molecular weight is 267 g/mol. The van der Waals surface area contributed by atoms with Crippen LogP contribution in [0.15, 0.2) is 18.3 Å². The van der Waals surface area contributed by atoms with Crippen molar-refractivity contribution < 1.29 is 0 Å². The van der Waals surface area contributed by atoms with Gasteiger partial charge in [-0.1, -0.05) is 31.1 Å². The topological polar surface area (TPSA) is 52.6 Å². The molecule has 1 aromatic rings. The van der Waals surface area contributed by atoms with E-state index in [0.717, 1.165) is 18.4 Å². The molecule has 2 aliphatic carbocycles. The summed E-state index contributed by atoms with van der Waals surface area (Å²) in [6.07, 6.45) is 10.2. The second-order valence-corrected chi connectivity index (χ2v) is 5.93. The molecular formula is C17H21N3. The molecule has 0 radical (unpaired) electrons. The molecule has 1 heterocycles. The van der Waals surface area contributed by atoms with Crippen molar-refractivity contribution in [2.24, 2.45) is 11.8 Å². The average Bonchev–Trinajstić information content (AvgIpc) is 3.30. The molecule has 2 aliphatic rings. The molecule has 1 aromatic heterocycles. The lowest BCUT2D eigenvalue weighted by Crippen LogP contribution is -2.32. The second kappa shape index (κ2) is 5.66. The first-order valence-corrected chi connectivity index (χ1v) is 7.62. The van der Waals surface area contributed by atoms with Gasteiger partial charge < -0.3 is 0 Å². The van der Waals surface area contributed by atoms with Crippen LogP contribution in [-0.4, -0.2) is 10.4 Å². The van der Waals surface area contributed by atoms with Crippen LogP contribution in [0.5, 0.6) is 0 Å². The summed E-state index contributed by atoms with van der Waals surface area (Å²) in [5.41, 5.74) is 1.28. The van der Waals surface area contributed by atoms with E-state index in [-0.39, 0.29) is 0 Å². The molecule has 2 saturated carbocycles. The molecule has 3 nitrogen and oxygen atoms in total. The van der Waals surface area contributed by atoms with Crippen LogP contribution in [0.25, 0.3) is 0 Å². The number of hydrogen-bond acceptors (Lipinski definition) is 2. The van der Waals surface area contributed by atoms with Crippen LogP contribution < -0.4 is 5.49 Å². The van der Waals surface area contributed by atoms with E-state index >= 15 is 0 Å². The Morgan fingerprint density at radius 3 is 2.55 bits per heavy atom. The van der Waals surface area contributed by atoms with Crippen molar-refractivity contribution in [1.82, 2.24) is 4.57 Å². The van der Waals surface area contributed by atoms with Crippen molar-refractivity contribution in [3.63, 3.8) is 0 Å². The number of nitrogens with zero attached hydrogens (tertiary/aromatic N) is 1. The summed E-state index contributed by atoms with van der Waals surface area (Å²) in [5, 5.41) is 16.4. The summed E-state index contributed by atoms with van der Waals surface area (Å²) >= 11 is 0. The van der Waals surface area contributed by atoms with Crippen molar-refractivity contribution in [2.45, 2.75) is 44.9 Å². The molecule has 3 heteroatoms. The standard InChI is InChI=1S/C17H21N3/c18-16-12-14(9-8-13-6-7-13)10-11-20(16)17(19)15-4-2-1-3-5-15/h10-13,15,18-19H,1-7H2. The number of hydrogen-bond donors (Lipinski definition) is 2. The lowest BCUT2D eigenvalue weighted by Gasteiger charge is -2.23. The summed E-state index contributed by atoms with van der Waals surface area (Å²) in [6, 6.07) is 3.72. The van der Waals surface area contributed by atoms with Crippen LogP contribution in [0.3, 0.4) is 0 Å². The van der Waals surface area contributed by atoms with Gasteiger partial charge in [-0.3, -0.25) is 15.4 Å². The molecule has 3 rings (SSSR count). The molecule has 0 aliphatic heterocycles. The smallest absolute Gasteiger partial charge is 0.131 e. The Hall–Kier alpha value is -1.82. The maximum Gasteiger partial charge on any atom is 0.131 e.